The fraction of sp³-hybridized carbons (Fsp3) is 1.00. The van der Waals surface area contributed by atoms with Crippen LogP contribution in [0.15, 0.2) is 0 Å². The zero-order valence-corrected chi connectivity index (χ0v) is 9.99. The molecule has 88 valence electrons. The van der Waals surface area contributed by atoms with E-state index in [1.54, 1.807) is 0 Å². The second kappa shape index (κ2) is 5.31. The van der Waals surface area contributed by atoms with Crippen molar-refractivity contribution in [3.8, 4) is 0 Å². The van der Waals surface area contributed by atoms with E-state index in [0.29, 0.717) is 6.04 Å². The van der Waals surface area contributed by atoms with Crippen LogP contribution in [0.3, 0.4) is 0 Å². The van der Waals surface area contributed by atoms with Gasteiger partial charge >= 0.3 is 0 Å². The van der Waals surface area contributed by atoms with Gasteiger partial charge in [0.15, 0.2) is 0 Å². The van der Waals surface area contributed by atoms with Crippen LogP contribution < -0.4 is 0 Å². The van der Waals surface area contributed by atoms with Crippen LogP contribution in [0.25, 0.3) is 0 Å². The van der Waals surface area contributed by atoms with E-state index < -0.39 is 0 Å². The van der Waals surface area contributed by atoms with Crippen molar-refractivity contribution in [1.82, 2.24) is 4.90 Å². The molecule has 1 saturated heterocycles. The lowest BCUT2D eigenvalue weighted by atomic mass is 9.98. The standard InChI is InChI=1S/C13H25NO/c1-2-11-5-4-9-14(10-8-11)12-6-3-7-13(12)15/h11-13,15H,2-10H2,1H3. The molecule has 0 aromatic carbocycles. The molecule has 3 atom stereocenters. The maximum Gasteiger partial charge on any atom is 0.0695 e. The minimum atomic E-state index is -0.0387. The Morgan fingerprint density at radius 3 is 2.60 bits per heavy atom. The van der Waals surface area contributed by atoms with Crippen molar-refractivity contribution in [3.05, 3.63) is 0 Å². The predicted molar refractivity (Wildman–Crippen MR) is 62.9 cm³/mol. The van der Waals surface area contributed by atoms with Crippen molar-refractivity contribution in [3.63, 3.8) is 0 Å². The Morgan fingerprint density at radius 2 is 1.93 bits per heavy atom. The third kappa shape index (κ3) is 2.73. The normalized spacial score (nSPS) is 39.2. The van der Waals surface area contributed by atoms with Crippen LogP contribution in [0.4, 0.5) is 0 Å². The van der Waals surface area contributed by atoms with Gasteiger partial charge in [0.2, 0.25) is 0 Å². The summed E-state index contributed by atoms with van der Waals surface area (Å²) in [6.45, 7) is 4.75. The summed E-state index contributed by atoms with van der Waals surface area (Å²) in [5.74, 6) is 0.938. The van der Waals surface area contributed by atoms with Crippen molar-refractivity contribution < 1.29 is 5.11 Å². The molecule has 2 fully saturated rings. The Balaban J connectivity index is 1.87. The first-order valence-electron chi connectivity index (χ1n) is 6.73. The molecule has 2 nitrogen and oxygen atoms in total. The Labute approximate surface area is 93.7 Å². The maximum atomic E-state index is 9.91. The molecule has 15 heavy (non-hydrogen) atoms. The van der Waals surface area contributed by atoms with E-state index in [9.17, 15) is 5.11 Å². The Bertz CT molecular complexity index is 195. The van der Waals surface area contributed by atoms with Gasteiger partial charge in [0.25, 0.3) is 0 Å². The summed E-state index contributed by atoms with van der Waals surface area (Å²) in [5, 5.41) is 9.91. The maximum absolute atomic E-state index is 9.91. The van der Waals surface area contributed by atoms with Gasteiger partial charge in [-0.1, -0.05) is 13.3 Å². The topological polar surface area (TPSA) is 23.5 Å². The minimum absolute atomic E-state index is 0.0387. The fourth-order valence-electron chi connectivity index (χ4n) is 3.27. The summed E-state index contributed by atoms with van der Waals surface area (Å²) in [7, 11) is 0. The molecule has 0 aromatic rings. The molecule has 0 bridgehead atoms. The summed E-state index contributed by atoms with van der Waals surface area (Å²) in [5.41, 5.74) is 0. The Hall–Kier alpha value is -0.0800. The second-order valence-corrected chi connectivity index (χ2v) is 5.31. The number of rotatable bonds is 2. The fourth-order valence-corrected chi connectivity index (χ4v) is 3.27. The quantitative estimate of drug-likeness (QED) is 0.758. The van der Waals surface area contributed by atoms with E-state index >= 15 is 0 Å². The molecule has 1 aliphatic carbocycles. The van der Waals surface area contributed by atoms with Gasteiger partial charge in [-0.25, -0.2) is 0 Å². The lowest BCUT2D eigenvalue weighted by Gasteiger charge is -2.29. The zero-order chi connectivity index (χ0) is 10.7. The molecular formula is C13H25NO. The van der Waals surface area contributed by atoms with Crippen molar-refractivity contribution >= 4 is 0 Å². The average molecular weight is 211 g/mol. The van der Waals surface area contributed by atoms with Gasteiger partial charge in [-0.05, 0) is 57.5 Å². The number of likely N-dealkylation sites (tertiary alicyclic amines) is 1. The molecule has 2 aliphatic rings. The summed E-state index contributed by atoms with van der Waals surface area (Å²) in [4.78, 5) is 2.56. The van der Waals surface area contributed by atoms with Gasteiger partial charge in [0.1, 0.15) is 0 Å². The monoisotopic (exact) mass is 211 g/mol. The molecule has 1 aliphatic heterocycles. The van der Waals surface area contributed by atoms with Crippen LogP contribution in [-0.4, -0.2) is 35.2 Å². The third-order valence-corrected chi connectivity index (χ3v) is 4.37. The van der Waals surface area contributed by atoms with E-state index in [-0.39, 0.29) is 6.10 Å². The van der Waals surface area contributed by atoms with Gasteiger partial charge < -0.3 is 5.11 Å². The lowest BCUT2D eigenvalue weighted by molar-refractivity contribution is 0.0721. The van der Waals surface area contributed by atoms with Crippen molar-refractivity contribution in [2.24, 2.45) is 5.92 Å². The number of hydrogen-bond acceptors (Lipinski definition) is 2. The number of aliphatic hydroxyl groups excluding tert-OH is 1. The molecule has 3 unspecified atom stereocenters. The van der Waals surface area contributed by atoms with Crippen molar-refractivity contribution in [2.75, 3.05) is 13.1 Å². The van der Waals surface area contributed by atoms with E-state index in [4.69, 9.17) is 0 Å². The second-order valence-electron chi connectivity index (χ2n) is 5.31. The van der Waals surface area contributed by atoms with E-state index in [2.05, 4.69) is 11.8 Å². The van der Waals surface area contributed by atoms with Crippen molar-refractivity contribution in [2.45, 2.75) is 64.0 Å². The van der Waals surface area contributed by atoms with E-state index in [1.807, 2.05) is 0 Å². The first-order chi connectivity index (χ1) is 7.31. The summed E-state index contributed by atoms with van der Waals surface area (Å²) >= 11 is 0. The number of nitrogens with zero attached hydrogens (tertiary/aromatic N) is 1. The number of aliphatic hydroxyl groups is 1. The molecule has 2 heteroatoms. The summed E-state index contributed by atoms with van der Waals surface area (Å²) in [6.07, 6.45) is 8.84. The molecule has 1 heterocycles. The van der Waals surface area contributed by atoms with Gasteiger partial charge in [0.05, 0.1) is 6.10 Å². The first-order valence-corrected chi connectivity index (χ1v) is 6.73. The lowest BCUT2D eigenvalue weighted by Crippen LogP contribution is -2.41. The van der Waals surface area contributed by atoms with E-state index in [0.717, 1.165) is 12.3 Å². The van der Waals surface area contributed by atoms with Crippen LogP contribution in [0, 0.1) is 5.92 Å². The highest BCUT2D eigenvalue weighted by Crippen LogP contribution is 2.28. The molecular weight excluding hydrogens is 186 g/mol. The van der Waals surface area contributed by atoms with Crippen LogP contribution >= 0.6 is 0 Å². The third-order valence-electron chi connectivity index (χ3n) is 4.37. The van der Waals surface area contributed by atoms with Gasteiger partial charge in [-0.2, -0.15) is 0 Å². The van der Waals surface area contributed by atoms with Crippen LogP contribution in [0.2, 0.25) is 0 Å². The highest BCUT2D eigenvalue weighted by molar-refractivity contribution is 4.86. The highest BCUT2D eigenvalue weighted by atomic mass is 16.3. The molecule has 2 rings (SSSR count). The summed E-state index contributed by atoms with van der Waals surface area (Å²) in [6, 6.07) is 0.487. The summed E-state index contributed by atoms with van der Waals surface area (Å²) < 4.78 is 0. The molecule has 0 radical (unpaired) electrons. The number of hydrogen-bond donors (Lipinski definition) is 1. The van der Waals surface area contributed by atoms with Gasteiger partial charge in [-0.15, -0.1) is 0 Å². The van der Waals surface area contributed by atoms with Gasteiger partial charge in [0, 0.05) is 6.04 Å². The molecule has 1 N–H and O–H groups in total. The average Bonchev–Trinajstić information content (AvgIpc) is 2.54. The smallest absolute Gasteiger partial charge is 0.0695 e. The van der Waals surface area contributed by atoms with Crippen LogP contribution in [0.5, 0.6) is 0 Å². The minimum Gasteiger partial charge on any atom is -0.391 e. The largest absolute Gasteiger partial charge is 0.391 e. The molecule has 1 saturated carbocycles. The first kappa shape index (κ1) is 11.4. The van der Waals surface area contributed by atoms with Crippen LogP contribution in [-0.2, 0) is 0 Å². The highest BCUT2D eigenvalue weighted by Gasteiger charge is 2.31. The molecule has 0 spiro atoms. The Kier molecular flexibility index (Phi) is 4.04. The van der Waals surface area contributed by atoms with Gasteiger partial charge in [-0.3, -0.25) is 4.90 Å². The predicted octanol–water partition coefficient (Wildman–Crippen LogP) is 2.41. The molecule has 0 aromatic heterocycles. The van der Waals surface area contributed by atoms with Crippen molar-refractivity contribution in [1.29, 1.82) is 0 Å². The molecule has 0 amide bonds. The van der Waals surface area contributed by atoms with Crippen LogP contribution in [0.1, 0.15) is 51.9 Å². The Morgan fingerprint density at radius 1 is 1.07 bits per heavy atom. The zero-order valence-electron chi connectivity index (χ0n) is 9.99. The van der Waals surface area contributed by atoms with E-state index in [1.165, 1.54) is 51.6 Å². The SMILES string of the molecule is CCC1CCCN(C2CCCC2O)CC1.